The van der Waals surface area contributed by atoms with E-state index in [2.05, 4.69) is 26.1 Å². The molecule has 1 nitrogen and oxygen atoms in total. The standard InChI is InChI=1S/C12H25N/c1-4-8-11(2)12(3)9-6-5-7-10-13-12/h11,13H,4-10H2,1-3H3. The zero-order chi connectivity index (χ0) is 9.73. The minimum atomic E-state index is 0.423. The largest absolute Gasteiger partial charge is 0.311 e. The molecule has 1 rings (SSSR count). The van der Waals surface area contributed by atoms with E-state index in [9.17, 15) is 0 Å². The second-order valence-electron chi connectivity index (χ2n) is 4.84. The van der Waals surface area contributed by atoms with Gasteiger partial charge in [0.05, 0.1) is 0 Å². The summed E-state index contributed by atoms with van der Waals surface area (Å²) >= 11 is 0. The molecule has 1 aliphatic heterocycles. The molecule has 1 aliphatic rings. The highest BCUT2D eigenvalue weighted by Gasteiger charge is 2.30. The average Bonchev–Trinajstić information content (AvgIpc) is 2.32. The van der Waals surface area contributed by atoms with Crippen LogP contribution in [0.15, 0.2) is 0 Å². The lowest BCUT2D eigenvalue weighted by Crippen LogP contribution is -2.47. The molecule has 0 aromatic heterocycles. The van der Waals surface area contributed by atoms with Crippen molar-refractivity contribution in [3.05, 3.63) is 0 Å². The van der Waals surface area contributed by atoms with E-state index in [0.717, 1.165) is 5.92 Å². The summed E-state index contributed by atoms with van der Waals surface area (Å²) in [6.45, 7) is 8.33. The van der Waals surface area contributed by atoms with E-state index < -0.39 is 0 Å². The Hall–Kier alpha value is -0.0400. The molecule has 1 fully saturated rings. The normalized spacial score (nSPS) is 32.5. The van der Waals surface area contributed by atoms with Crippen molar-refractivity contribution in [1.82, 2.24) is 5.32 Å². The van der Waals surface area contributed by atoms with Gasteiger partial charge in [0.25, 0.3) is 0 Å². The van der Waals surface area contributed by atoms with E-state index in [1.165, 1.54) is 45.1 Å². The van der Waals surface area contributed by atoms with Gasteiger partial charge in [0.1, 0.15) is 0 Å². The van der Waals surface area contributed by atoms with Gasteiger partial charge in [-0.3, -0.25) is 0 Å². The molecule has 0 amide bonds. The Labute approximate surface area is 83.3 Å². The quantitative estimate of drug-likeness (QED) is 0.707. The molecule has 0 saturated carbocycles. The summed E-state index contributed by atoms with van der Waals surface area (Å²) < 4.78 is 0. The Morgan fingerprint density at radius 3 is 2.77 bits per heavy atom. The molecule has 0 spiro atoms. The van der Waals surface area contributed by atoms with Crippen LogP contribution in [0.5, 0.6) is 0 Å². The van der Waals surface area contributed by atoms with Gasteiger partial charge in [0.15, 0.2) is 0 Å². The lowest BCUT2D eigenvalue weighted by Gasteiger charge is -2.36. The van der Waals surface area contributed by atoms with Crippen LogP contribution in [0, 0.1) is 5.92 Å². The molecule has 0 radical (unpaired) electrons. The van der Waals surface area contributed by atoms with Crippen LogP contribution in [0.2, 0.25) is 0 Å². The third-order valence-corrected chi connectivity index (χ3v) is 3.71. The molecular formula is C12H25N. The van der Waals surface area contributed by atoms with Gasteiger partial charge in [-0.15, -0.1) is 0 Å². The summed E-state index contributed by atoms with van der Waals surface area (Å²) in [5, 5.41) is 3.74. The first-order chi connectivity index (χ1) is 6.19. The summed E-state index contributed by atoms with van der Waals surface area (Å²) in [5.41, 5.74) is 0.423. The molecule has 2 unspecified atom stereocenters. The Morgan fingerprint density at radius 2 is 2.08 bits per heavy atom. The van der Waals surface area contributed by atoms with Crippen LogP contribution >= 0.6 is 0 Å². The Bertz CT molecular complexity index is 134. The van der Waals surface area contributed by atoms with E-state index in [1.807, 2.05) is 0 Å². The fourth-order valence-corrected chi connectivity index (χ4v) is 2.43. The van der Waals surface area contributed by atoms with Gasteiger partial charge < -0.3 is 5.32 Å². The van der Waals surface area contributed by atoms with E-state index in [4.69, 9.17) is 0 Å². The summed E-state index contributed by atoms with van der Waals surface area (Å²) in [6.07, 6.45) is 8.25. The lowest BCUT2D eigenvalue weighted by atomic mass is 9.81. The van der Waals surface area contributed by atoms with Crippen LogP contribution in [0.3, 0.4) is 0 Å². The summed E-state index contributed by atoms with van der Waals surface area (Å²) in [4.78, 5) is 0. The van der Waals surface area contributed by atoms with E-state index >= 15 is 0 Å². The second kappa shape index (κ2) is 4.99. The van der Waals surface area contributed by atoms with Crippen LogP contribution in [0.4, 0.5) is 0 Å². The van der Waals surface area contributed by atoms with Crippen LogP contribution in [0.1, 0.15) is 59.3 Å². The smallest absolute Gasteiger partial charge is 0.0178 e. The predicted octanol–water partition coefficient (Wildman–Crippen LogP) is 3.34. The second-order valence-corrected chi connectivity index (χ2v) is 4.84. The first-order valence-electron chi connectivity index (χ1n) is 5.94. The van der Waals surface area contributed by atoms with Crippen LogP contribution in [-0.4, -0.2) is 12.1 Å². The first kappa shape index (κ1) is 11.0. The minimum absolute atomic E-state index is 0.423. The molecule has 1 heteroatoms. The van der Waals surface area contributed by atoms with E-state index in [1.54, 1.807) is 0 Å². The highest BCUT2D eigenvalue weighted by atomic mass is 15.0. The van der Waals surface area contributed by atoms with E-state index in [0.29, 0.717) is 5.54 Å². The molecular weight excluding hydrogens is 158 g/mol. The minimum Gasteiger partial charge on any atom is -0.311 e. The van der Waals surface area contributed by atoms with Gasteiger partial charge in [-0.05, 0) is 38.6 Å². The third kappa shape index (κ3) is 2.98. The van der Waals surface area contributed by atoms with Gasteiger partial charge in [-0.2, -0.15) is 0 Å². The molecule has 0 aliphatic carbocycles. The topological polar surface area (TPSA) is 12.0 Å². The maximum atomic E-state index is 3.74. The Morgan fingerprint density at radius 1 is 1.31 bits per heavy atom. The SMILES string of the molecule is CCCC(C)C1(C)CCCCCN1. The molecule has 0 bridgehead atoms. The summed E-state index contributed by atoms with van der Waals surface area (Å²) in [7, 11) is 0. The predicted molar refractivity (Wildman–Crippen MR) is 58.9 cm³/mol. The number of hydrogen-bond acceptors (Lipinski definition) is 1. The van der Waals surface area contributed by atoms with Crippen molar-refractivity contribution in [2.24, 2.45) is 5.92 Å². The van der Waals surface area contributed by atoms with Crippen molar-refractivity contribution in [2.45, 2.75) is 64.8 Å². The van der Waals surface area contributed by atoms with Crippen molar-refractivity contribution in [2.75, 3.05) is 6.54 Å². The maximum absolute atomic E-state index is 3.74. The molecule has 2 atom stereocenters. The molecule has 1 saturated heterocycles. The number of nitrogens with one attached hydrogen (secondary N) is 1. The monoisotopic (exact) mass is 183 g/mol. The highest BCUT2D eigenvalue weighted by molar-refractivity contribution is 4.89. The summed E-state index contributed by atoms with van der Waals surface area (Å²) in [6, 6.07) is 0. The molecule has 0 aromatic rings. The average molecular weight is 183 g/mol. The van der Waals surface area contributed by atoms with Crippen LogP contribution < -0.4 is 5.32 Å². The van der Waals surface area contributed by atoms with Gasteiger partial charge in [0.2, 0.25) is 0 Å². The Balaban J connectivity index is 2.49. The fraction of sp³-hybridized carbons (Fsp3) is 1.00. The number of rotatable bonds is 3. The van der Waals surface area contributed by atoms with Crippen molar-refractivity contribution < 1.29 is 0 Å². The highest BCUT2D eigenvalue weighted by Crippen LogP contribution is 2.29. The first-order valence-corrected chi connectivity index (χ1v) is 5.94. The molecule has 78 valence electrons. The van der Waals surface area contributed by atoms with E-state index in [-0.39, 0.29) is 0 Å². The molecule has 1 heterocycles. The zero-order valence-electron chi connectivity index (χ0n) is 9.53. The van der Waals surface area contributed by atoms with Gasteiger partial charge in [-0.1, -0.05) is 33.1 Å². The molecule has 13 heavy (non-hydrogen) atoms. The number of hydrogen-bond donors (Lipinski definition) is 1. The van der Waals surface area contributed by atoms with Gasteiger partial charge in [0, 0.05) is 5.54 Å². The Kier molecular flexibility index (Phi) is 4.24. The van der Waals surface area contributed by atoms with Gasteiger partial charge in [-0.25, -0.2) is 0 Å². The maximum Gasteiger partial charge on any atom is 0.0178 e. The van der Waals surface area contributed by atoms with Crippen molar-refractivity contribution >= 4 is 0 Å². The van der Waals surface area contributed by atoms with Crippen molar-refractivity contribution in [3.63, 3.8) is 0 Å². The fourth-order valence-electron chi connectivity index (χ4n) is 2.43. The molecule has 1 N–H and O–H groups in total. The lowest BCUT2D eigenvalue weighted by molar-refractivity contribution is 0.225. The third-order valence-electron chi connectivity index (χ3n) is 3.71. The van der Waals surface area contributed by atoms with Crippen LogP contribution in [-0.2, 0) is 0 Å². The van der Waals surface area contributed by atoms with Crippen molar-refractivity contribution in [1.29, 1.82) is 0 Å². The summed E-state index contributed by atoms with van der Waals surface area (Å²) in [5.74, 6) is 0.829. The molecule has 0 aromatic carbocycles. The zero-order valence-corrected chi connectivity index (χ0v) is 9.53. The van der Waals surface area contributed by atoms with Crippen LogP contribution in [0.25, 0.3) is 0 Å². The van der Waals surface area contributed by atoms with Crippen molar-refractivity contribution in [3.8, 4) is 0 Å². The van der Waals surface area contributed by atoms with Gasteiger partial charge >= 0.3 is 0 Å².